The molecule has 0 aliphatic rings. The minimum atomic E-state index is -3.94. The number of amides is 1. The van der Waals surface area contributed by atoms with E-state index < -0.39 is 28.6 Å². The Bertz CT molecular complexity index is 789. The summed E-state index contributed by atoms with van der Waals surface area (Å²) in [5.41, 5.74) is 5.47. The van der Waals surface area contributed by atoms with Crippen molar-refractivity contribution in [1.29, 1.82) is 0 Å². The van der Waals surface area contributed by atoms with Crippen molar-refractivity contribution >= 4 is 39.2 Å². The molecule has 0 aliphatic heterocycles. The zero-order chi connectivity index (χ0) is 17.2. The third-order valence-corrected chi connectivity index (χ3v) is 3.89. The van der Waals surface area contributed by atoms with Crippen molar-refractivity contribution in [3.8, 4) is 0 Å². The molecule has 0 aliphatic carbocycles. The molecule has 10 heteroatoms. The highest BCUT2D eigenvalue weighted by Gasteiger charge is 2.22. The Hall–Kier alpha value is -2.40. The van der Waals surface area contributed by atoms with Gasteiger partial charge in [0, 0.05) is 11.6 Å². The largest absolute Gasteiger partial charge is 0.367 e. The van der Waals surface area contributed by atoms with Crippen LogP contribution in [0.15, 0.2) is 45.6 Å². The van der Waals surface area contributed by atoms with Crippen LogP contribution in [0.25, 0.3) is 10.9 Å². The van der Waals surface area contributed by atoms with Crippen molar-refractivity contribution in [2.75, 3.05) is 0 Å². The maximum Gasteiger partial charge on any atom is 0.251 e. The van der Waals surface area contributed by atoms with E-state index in [2.05, 4.69) is 15.2 Å². The van der Waals surface area contributed by atoms with Gasteiger partial charge in [0.05, 0.1) is 10.4 Å². The summed E-state index contributed by atoms with van der Waals surface area (Å²) in [5.74, 6) is -1.49. The third kappa shape index (κ3) is 3.68. The summed E-state index contributed by atoms with van der Waals surface area (Å²) in [6.45, 7) is 1.16. The number of Topliss-reactive ketones (excluding diaryl/α,β-unsaturated/α-hetero) is 1. The van der Waals surface area contributed by atoms with Gasteiger partial charge in [0.25, 0.3) is 5.91 Å². The quantitative estimate of drug-likeness (QED) is 0.483. The highest BCUT2D eigenvalue weighted by atomic mass is 32.3. The molecule has 2 rings (SSSR count). The number of rotatable bonds is 5. The third-order valence-electron chi connectivity index (χ3n) is 2.94. The molecule has 0 saturated heterocycles. The SMILES string of the molecule is CC(=O)C(N=Nc1ccc(S(O)(O)O)c2cccnc12)C(N)=O. The molecule has 2 aromatic rings. The van der Waals surface area contributed by atoms with Crippen LogP contribution in [0, 0.1) is 0 Å². The fourth-order valence-corrected chi connectivity index (χ4v) is 2.62. The van der Waals surface area contributed by atoms with Crippen molar-refractivity contribution in [1.82, 2.24) is 4.98 Å². The Kier molecular flexibility index (Phi) is 4.71. The van der Waals surface area contributed by atoms with Gasteiger partial charge >= 0.3 is 0 Å². The van der Waals surface area contributed by atoms with Gasteiger partial charge in [-0.2, -0.15) is 10.2 Å². The van der Waals surface area contributed by atoms with Gasteiger partial charge in [0.15, 0.2) is 5.78 Å². The second kappa shape index (κ2) is 6.38. The Morgan fingerprint density at radius 3 is 2.52 bits per heavy atom. The van der Waals surface area contributed by atoms with Gasteiger partial charge in [0.1, 0.15) is 16.6 Å². The molecule has 1 aromatic carbocycles. The van der Waals surface area contributed by atoms with E-state index in [-0.39, 0.29) is 21.5 Å². The van der Waals surface area contributed by atoms with Gasteiger partial charge in [-0.15, -0.1) is 0 Å². The first-order valence-electron chi connectivity index (χ1n) is 6.31. The molecular weight excluding hydrogens is 324 g/mol. The Labute approximate surface area is 132 Å². The first-order chi connectivity index (χ1) is 10.7. The Morgan fingerprint density at radius 1 is 1.26 bits per heavy atom. The van der Waals surface area contributed by atoms with Gasteiger partial charge in [-0.05, 0) is 31.2 Å². The number of fused-ring (bicyclic) bond motifs is 1. The van der Waals surface area contributed by atoms with Gasteiger partial charge in [-0.25, -0.2) is 0 Å². The van der Waals surface area contributed by atoms with Crippen molar-refractivity contribution in [3.05, 3.63) is 30.5 Å². The maximum absolute atomic E-state index is 11.3. The van der Waals surface area contributed by atoms with E-state index in [9.17, 15) is 23.2 Å². The number of ketones is 1. The topological polar surface area (TPSA) is 158 Å². The first-order valence-corrected chi connectivity index (χ1v) is 7.81. The highest BCUT2D eigenvalue weighted by molar-refractivity contribution is 8.19. The van der Waals surface area contributed by atoms with Gasteiger partial charge < -0.3 is 19.4 Å². The zero-order valence-corrected chi connectivity index (χ0v) is 12.8. The first kappa shape index (κ1) is 17.0. The summed E-state index contributed by atoms with van der Waals surface area (Å²) in [6, 6.07) is 4.22. The Morgan fingerprint density at radius 2 is 1.96 bits per heavy atom. The average Bonchev–Trinajstić information content (AvgIpc) is 2.45. The second-order valence-electron chi connectivity index (χ2n) is 4.63. The number of hydrogen-bond donors (Lipinski definition) is 4. The lowest BCUT2D eigenvalue weighted by atomic mass is 10.2. The summed E-state index contributed by atoms with van der Waals surface area (Å²) < 4.78 is 28.3. The van der Waals surface area contributed by atoms with E-state index in [0.29, 0.717) is 0 Å². The van der Waals surface area contributed by atoms with Crippen LogP contribution < -0.4 is 5.73 Å². The highest BCUT2D eigenvalue weighted by Crippen LogP contribution is 2.48. The summed E-state index contributed by atoms with van der Waals surface area (Å²) in [4.78, 5) is 26.4. The summed E-state index contributed by atoms with van der Waals surface area (Å²) in [7, 11) is -3.94. The number of benzene rings is 1. The number of nitrogens with two attached hydrogens (primary N) is 1. The monoisotopic (exact) mass is 338 g/mol. The van der Waals surface area contributed by atoms with Gasteiger partial charge in [-0.1, -0.05) is 0 Å². The van der Waals surface area contributed by atoms with Crippen LogP contribution >= 0.6 is 10.9 Å². The molecule has 1 atom stereocenters. The molecule has 5 N–H and O–H groups in total. The minimum Gasteiger partial charge on any atom is -0.367 e. The molecule has 1 aromatic heterocycles. The number of primary amides is 1. The number of azo groups is 1. The van der Waals surface area contributed by atoms with E-state index in [0.717, 1.165) is 6.92 Å². The normalized spacial score (nSPS) is 14.1. The smallest absolute Gasteiger partial charge is 0.251 e. The predicted octanol–water partition coefficient (Wildman–Crippen LogP) is 2.34. The lowest BCUT2D eigenvalue weighted by Crippen LogP contribution is -2.32. The van der Waals surface area contributed by atoms with E-state index in [4.69, 9.17) is 5.73 Å². The molecule has 0 radical (unpaired) electrons. The minimum absolute atomic E-state index is 0.113. The second-order valence-corrected chi connectivity index (χ2v) is 6.11. The van der Waals surface area contributed by atoms with E-state index >= 15 is 0 Å². The molecule has 122 valence electrons. The van der Waals surface area contributed by atoms with Gasteiger partial charge in [-0.3, -0.25) is 14.6 Å². The van der Waals surface area contributed by atoms with Crippen molar-refractivity contribution in [2.24, 2.45) is 16.0 Å². The zero-order valence-electron chi connectivity index (χ0n) is 11.9. The number of aromatic nitrogens is 1. The fraction of sp³-hybridized carbons (Fsp3) is 0.154. The molecule has 23 heavy (non-hydrogen) atoms. The van der Waals surface area contributed by atoms with Crippen LogP contribution in [0.4, 0.5) is 5.69 Å². The lowest BCUT2D eigenvalue weighted by molar-refractivity contribution is -0.127. The molecule has 0 fully saturated rings. The standard InChI is InChI=1S/C13H14N4O5S/c1-7(18)11(13(14)19)17-16-9-4-5-10(23(20,21)22)8-3-2-6-15-12(8)9/h2-6,11,20-22H,1H3,(H2,14,19). The van der Waals surface area contributed by atoms with Crippen molar-refractivity contribution in [2.45, 2.75) is 17.9 Å². The fourth-order valence-electron chi connectivity index (χ4n) is 1.91. The average molecular weight is 338 g/mol. The Balaban J connectivity index is 2.56. The predicted molar refractivity (Wildman–Crippen MR) is 83.7 cm³/mol. The molecule has 1 heterocycles. The number of carbonyl (C=O) groups excluding carboxylic acids is 2. The molecular formula is C13H14N4O5S. The van der Waals surface area contributed by atoms with Crippen molar-refractivity contribution in [3.63, 3.8) is 0 Å². The van der Waals surface area contributed by atoms with Crippen LogP contribution in [-0.2, 0) is 9.59 Å². The van der Waals surface area contributed by atoms with Crippen LogP contribution in [-0.4, -0.2) is 36.4 Å². The number of carbonyl (C=O) groups is 2. The summed E-state index contributed by atoms with van der Waals surface area (Å²) in [6.07, 6.45) is 1.44. The number of pyridine rings is 1. The van der Waals surface area contributed by atoms with Crippen molar-refractivity contribution < 1.29 is 23.2 Å². The summed E-state index contributed by atoms with van der Waals surface area (Å²) in [5, 5.41) is 7.68. The number of hydrogen-bond acceptors (Lipinski definition) is 8. The molecule has 0 bridgehead atoms. The van der Waals surface area contributed by atoms with Crippen LogP contribution in [0.1, 0.15) is 6.92 Å². The van der Waals surface area contributed by atoms with Gasteiger partial charge in [0.2, 0.25) is 6.04 Å². The lowest BCUT2D eigenvalue weighted by Gasteiger charge is -2.21. The molecule has 1 amide bonds. The molecule has 9 nitrogen and oxygen atoms in total. The maximum atomic E-state index is 11.3. The molecule has 0 saturated carbocycles. The molecule has 1 unspecified atom stereocenters. The summed E-state index contributed by atoms with van der Waals surface area (Å²) >= 11 is 0. The number of nitrogens with zero attached hydrogens (tertiary/aromatic N) is 3. The van der Waals surface area contributed by atoms with Crippen LogP contribution in [0.2, 0.25) is 0 Å². The van der Waals surface area contributed by atoms with Crippen LogP contribution in [0.5, 0.6) is 0 Å². The molecule has 0 spiro atoms. The van der Waals surface area contributed by atoms with E-state index in [1.807, 2.05) is 0 Å². The van der Waals surface area contributed by atoms with E-state index in [1.165, 1.54) is 24.4 Å². The van der Waals surface area contributed by atoms with E-state index in [1.54, 1.807) is 6.07 Å². The van der Waals surface area contributed by atoms with Crippen LogP contribution in [0.3, 0.4) is 0 Å².